The molecule has 1 unspecified atom stereocenters. The van der Waals surface area contributed by atoms with Crippen LogP contribution in [0.5, 0.6) is 0 Å². The third-order valence-electron chi connectivity index (χ3n) is 3.20. The number of nitrogens with one attached hydrogen (secondary N) is 1. The van der Waals surface area contributed by atoms with Crippen LogP contribution in [-0.4, -0.2) is 80.6 Å². The fourth-order valence-electron chi connectivity index (χ4n) is 2.08. The molecule has 2 amide bonds. The molecule has 0 radical (unpaired) electrons. The van der Waals surface area contributed by atoms with Crippen LogP contribution in [0.1, 0.15) is 6.92 Å². The summed E-state index contributed by atoms with van der Waals surface area (Å²) in [6.07, 6.45) is -0.560. The monoisotopic (exact) mass is 344 g/mol. The van der Waals surface area contributed by atoms with Crippen LogP contribution < -0.4 is 11.1 Å². The Morgan fingerprint density at radius 3 is 2.24 bits per heavy atom. The maximum Gasteiger partial charge on any atom is 0.253 e. The molecule has 21 heavy (non-hydrogen) atoms. The van der Waals surface area contributed by atoms with Crippen LogP contribution in [-0.2, 0) is 14.3 Å². The summed E-state index contributed by atoms with van der Waals surface area (Å²) in [5.74, 6) is -0.0401. The van der Waals surface area contributed by atoms with Crippen LogP contribution in [0.2, 0.25) is 0 Å². The van der Waals surface area contributed by atoms with Crippen molar-refractivity contribution in [1.29, 1.82) is 0 Å². The van der Waals surface area contributed by atoms with Gasteiger partial charge in [-0.05, 0) is 6.92 Å². The Kier molecular flexibility index (Phi) is 13.0. The number of methoxy groups -OCH3 is 1. The van der Waals surface area contributed by atoms with E-state index in [-0.39, 0.29) is 43.2 Å². The van der Waals surface area contributed by atoms with E-state index < -0.39 is 6.10 Å². The molecular formula is C12H26Cl2N4O3. The summed E-state index contributed by atoms with van der Waals surface area (Å²) in [5.41, 5.74) is 5.48. The number of carbonyl (C=O) groups is 2. The smallest absolute Gasteiger partial charge is 0.253 e. The van der Waals surface area contributed by atoms with Crippen molar-refractivity contribution in [2.24, 2.45) is 5.73 Å². The largest absolute Gasteiger partial charge is 0.370 e. The van der Waals surface area contributed by atoms with Crippen LogP contribution >= 0.6 is 24.8 Å². The van der Waals surface area contributed by atoms with Crippen LogP contribution in [0.4, 0.5) is 0 Å². The first-order valence-corrected chi connectivity index (χ1v) is 6.63. The zero-order valence-electron chi connectivity index (χ0n) is 12.5. The van der Waals surface area contributed by atoms with Gasteiger partial charge in [-0.1, -0.05) is 0 Å². The summed E-state index contributed by atoms with van der Waals surface area (Å²) in [7, 11) is 1.49. The Morgan fingerprint density at radius 2 is 1.81 bits per heavy atom. The van der Waals surface area contributed by atoms with E-state index in [1.54, 1.807) is 4.90 Å². The van der Waals surface area contributed by atoms with E-state index in [1.807, 2.05) is 11.8 Å². The van der Waals surface area contributed by atoms with E-state index in [2.05, 4.69) is 5.32 Å². The van der Waals surface area contributed by atoms with Gasteiger partial charge in [0.2, 0.25) is 5.91 Å². The van der Waals surface area contributed by atoms with Crippen LogP contribution in [0.15, 0.2) is 0 Å². The molecule has 0 spiro atoms. The number of ether oxygens (including phenoxy) is 1. The van der Waals surface area contributed by atoms with Gasteiger partial charge in [0.05, 0.1) is 6.54 Å². The number of nitrogens with two attached hydrogens (primary N) is 1. The number of likely N-dealkylation sites (N-methyl/N-ethyl adjacent to an activating group) is 1. The van der Waals surface area contributed by atoms with Crippen LogP contribution in [0.25, 0.3) is 0 Å². The summed E-state index contributed by atoms with van der Waals surface area (Å²) >= 11 is 0. The molecule has 1 rings (SSSR count). The Labute approximate surface area is 138 Å². The highest BCUT2D eigenvalue weighted by atomic mass is 35.5. The predicted molar refractivity (Wildman–Crippen MR) is 86.1 cm³/mol. The molecule has 1 atom stereocenters. The van der Waals surface area contributed by atoms with Crippen molar-refractivity contribution in [2.75, 3.05) is 52.9 Å². The minimum atomic E-state index is -0.560. The second-order valence-electron chi connectivity index (χ2n) is 4.51. The van der Waals surface area contributed by atoms with E-state index in [0.717, 1.165) is 0 Å². The van der Waals surface area contributed by atoms with Gasteiger partial charge in [0, 0.05) is 46.4 Å². The average molecular weight is 345 g/mol. The van der Waals surface area contributed by atoms with E-state index in [9.17, 15) is 9.59 Å². The number of rotatable bonds is 6. The van der Waals surface area contributed by atoms with Crippen LogP contribution in [0, 0.1) is 0 Å². The average Bonchev–Trinajstić information content (AvgIpc) is 2.41. The molecule has 7 nitrogen and oxygen atoms in total. The Hall–Kier alpha value is -0.600. The first-order chi connectivity index (χ1) is 9.12. The molecular weight excluding hydrogens is 319 g/mol. The van der Waals surface area contributed by atoms with Gasteiger partial charge in [-0.15, -0.1) is 24.8 Å². The van der Waals surface area contributed by atoms with E-state index in [4.69, 9.17) is 10.5 Å². The van der Waals surface area contributed by atoms with Crippen LogP contribution in [0.3, 0.4) is 0 Å². The van der Waals surface area contributed by atoms with Crippen molar-refractivity contribution in [3.8, 4) is 0 Å². The third kappa shape index (κ3) is 7.28. The van der Waals surface area contributed by atoms with Crippen molar-refractivity contribution < 1.29 is 14.3 Å². The maximum atomic E-state index is 12.0. The first-order valence-electron chi connectivity index (χ1n) is 6.63. The Bertz CT molecular complexity index is 309. The highest BCUT2D eigenvalue weighted by Crippen LogP contribution is 2.05. The number of amides is 2. The lowest BCUT2D eigenvalue weighted by Crippen LogP contribution is -2.54. The molecule has 0 bridgehead atoms. The van der Waals surface area contributed by atoms with Gasteiger partial charge in [0.1, 0.15) is 6.10 Å². The summed E-state index contributed by atoms with van der Waals surface area (Å²) in [6.45, 7) is 5.73. The molecule has 1 heterocycles. The molecule has 9 heteroatoms. The fourth-order valence-corrected chi connectivity index (χ4v) is 2.08. The second-order valence-corrected chi connectivity index (χ2v) is 4.51. The summed E-state index contributed by atoms with van der Waals surface area (Å²) in [4.78, 5) is 27.3. The lowest BCUT2D eigenvalue weighted by Gasteiger charge is -2.35. The Morgan fingerprint density at radius 1 is 1.24 bits per heavy atom. The molecule has 0 aromatic rings. The van der Waals surface area contributed by atoms with Gasteiger partial charge in [0.15, 0.2) is 0 Å². The SMILES string of the molecule is CCNC(=O)CN1CCN(C(=O)C(CN)OC)CC1.Cl.Cl. The van der Waals surface area contributed by atoms with Crippen molar-refractivity contribution in [3.05, 3.63) is 0 Å². The van der Waals surface area contributed by atoms with E-state index in [0.29, 0.717) is 39.3 Å². The van der Waals surface area contributed by atoms with Gasteiger partial charge in [-0.2, -0.15) is 0 Å². The standard InChI is InChI=1S/C12H24N4O3.2ClH/c1-3-14-11(17)9-15-4-6-16(7-5-15)12(18)10(8-13)19-2;;/h10H,3-9,13H2,1-2H3,(H,14,17);2*1H. The molecule has 126 valence electrons. The maximum absolute atomic E-state index is 12.0. The Balaban J connectivity index is 0. The van der Waals surface area contributed by atoms with Crippen molar-refractivity contribution in [3.63, 3.8) is 0 Å². The van der Waals surface area contributed by atoms with Crippen molar-refractivity contribution in [1.82, 2.24) is 15.1 Å². The number of hydrogen-bond acceptors (Lipinski definition) is 5. The molecule has 0 aliphatic carbocycles. The quantitative estimate of drug-likeness (QED) is 0.650. The first kappa shape index (κ1) is 22.7. The molecule has 1 fully saturated rings. The third-order valence-corrected chi connectivity index (χ3v) is 3.20. The minimum Gasteiger partial charge on any atom is -0.370 e. The summed E-state index contributed by atoms with van der Waals surface area (Å²) < 4.78 is 5.04. The zero-order valence-corrected chi connectivity index (χ0v) is 14.2. The van der Waals surface area contributed by atoms with Gasteiger partial charge in [-0.25, -0.2) is 0 Å². The predicted octanol–water partition coefficient (Wildman–Crippen LogP) is -0.916. The van der Waals surface area contributed by atoms with Crippen molar-refractivity contribution in [2.45, 2.75) is 13.0 Å². The van der Waals surface area contributed by atoms with Gasteiger partial charge >= 0.3 is 0 Å². The normalized spacial score (nSPS) is 16.4. The summed E-state index contributed by atoms with van der Waals surface area (Å²) in [5, 5.41) is 2.77. The van der Waals surface area contributed by atoms with Gasteiger partial charge < -0.3 is 20.7 Å². The van der Waals surface area contributed by atoms with E-state index >= 15 is 0 Å². The molecule has 3 N–H and O–H groups in total. The van der Waals surface area contributed by atoms with Crippen molar-refractivity contribution >= 4 is 36.6 Å². The topological polar surface area (TPSA) is 87.9 Å². The number of piperazine rings is 1. The molecule has 1 aliphatic rings. The molecule has 1 aliphatic heterocycles. The minimum absolute atomic E-state index is 0. The lowest BCUT2D eigenvalue weighted by atomic mass is 10.2. The number of nitrogens with zero attached hydrogens (tertiary/aromatic N) is 2. The fraction of sp³-hybridized carbons (Fsp3) is 0.833. The lowest BCUT2D eigenvalue weighted by molar-refractivity contribution is -0.143. The molecule has 0 saturated carbocycles. The van der Waals surface area contributed by atoms with Gasteiger partial charge in [0.25, 0.3) is 5.91 Å². The number of halogens is 2. The molecule has 0 aromatic carbocycles. The molecule has 0 aromatic heterocycles. The summed E-state index contributed by atoms with van der Waals surface area (Å²) in [6, 6.07) is 0. The van der Waals surface area contributed by atoms with Gasteiger partial charge in [-0.3, -0.25) is 14.5 Å². The number of hydrogen-bond donors (Lipinski definition) is 2. The number of carbonyl (C=O) groups excluding carboxylic acids is 2. The second kappa shape index (κ2) is 12.0. The highest BCUT2D eigenvalue weighted by molar-refractivity contribution is 5.85. The zero-order chi connectivity index (χ0) is 14.3. The molecule has 1 saturated heterocycles. The van der Waals surface area contributed by atoms with E-state index in [1.165, 1.54) is 7.11 Å². The highest BCUT2D eigenvalue weighted by Gasteiger charge is 2.26.